The van der Waals surface area contributed by atoms with Crippen molar-refractivity contribution in [1.82, 2.24) is 9.88 Å². The van der Waals surface area contributed by atoms with E-state index in [1.54, 1.807) is 6.20 Å². The summed E-state index contributed by atoms with van der Waals surface area (Å²) in [4.78, 5) is 17.0. The molecule has 0 amide bonds. The number of hydrogen-bond acceptors (Lipinski definition) is 4. The first-order chi connectivity index (χ1) is 8.74. The fourth-order valence-electron chi connectivity index (χ4n) is 2.17. The van der Waals surface area contributed by atoms with E-state index in [1.807, 2.05) is 23.1 Å². The number of carboxylic acids is 1. The normalized spacial score (nSPS) is 19.3. The van der Waals surface area contributed by atoms with Crippen molar-refractivity contribution in [2.75, 3.05) is 19.7 Å². The first-order valence-corrected chi connectivity index (χ1v) is 6.19. The maximum Gasteiger partial charge on any atom is 0.317 e. The highest BCUT2D eigenvalue weighted by Crippen LogP contribution is 2.14. The second-order valence-corrected chi connectivity index (χ2v) is 4.52. The minimum atomic E-state index is -0.816. The van der Waals surface area contributed by atoms with Crippen LogP contribution in [0, 0.1) is 0 Å². The van der Waals surface area contributed by atoms with Gasteiger partial charge >= 0.3 is 5.97 Å². The average molecular weight is 250 g/mol. The monoisotopic (exact) mass is 250 g/mol. The van der Waals surface area contributed by atoms with Gasteiger partial charge in [0.15, 0.2) is 0 Å². The Hall–Kier alpha value is -1.46. The van der Waals surface area contributed by atoms with Gasteiger partial charge in [-0.25, -0.2) is 0 Å². The average Bonchev–Trinajstić information content (AvgIpc) is 2.82. The lowest BCUT2D eigenvalue weighted by molar-refractivity contribution is -0.138. The largest absolute Gasteiger partial charge is 0.480 e. The number of ether oxygens (including phenoxy) is 1. The quantitative estimate of drug-likeness (QED) is 0.820. The van der Waals surface area contributed by atoms with E-state index in [0.29, 0.717) is 13.1 Å². The Morgan fingerprint density at radius 1 is 1.56 bits per heavy atom. The highest BCUT2D eigenvalue weighted by molar-refractivity contribution is 5.69. The third-order valence-corrected chi connectivity index (χ3v) is 2.96. The highest BCUT2D eigenvalue weighted by Gasteiger charge is 2.20. The number of pyridine rings is 1. The molecule has 1 fully saturated rings. The smallest absolute Gasteiger partial charge is 0.317 e. The Labute approximate surface area is 106 Å². The SMILES string of the molecule is O=C(O)CN(Cc1ccccn1)CC1CCCO1. The zero-order chi connectivity index (χ0) is 12.8. The number of aliphatic carboxylic acids is 1. The lowest BCUT2D eigenvalue weighted by Crippen LogP contribution is -2.36. The van der Waals surface area contributed by atoms with Crippen molar-refractivity contribution >= 4 is 5.97 Å². The van der Waals surface area contributed by atoms with Crippen molar-refractivity contribution in [2.24, 2.45) is 0 Å². The fraction of sp³-hybridized carbons (Fsp3) is 0.538. The van der Waals surface area contributed by atoms with Crippen molar-refractivity contribution in [3.63, 3.8) is 0 Å². The van der Waals surface area contributed by atoms with E-state index in [-0.39, 0.29) is 12.6 Å². The molecule has 1 aromatic rings. The van der Waals surface area contributed by atoms with E-state index in [0.717, 1.165) is 25.1 Å². The molecule has 1 aliphatic heterocycles. The summed E-state index contributed by atoms with van der Waals surface area (Å²) in [7, 11) is 0. The van der Waals surface area contributed by atoms with Gasteiger partial charge in [0.05, 0.1) is 18.3 Å². The summed E-state index contributed by atoms with van der Waals surface area (Å²) in [5.74, 6) is -0.816. The lowest BCUT2D eigenvalue weighted by atomic mass is 10.2. The Balaban J connectivity index is 1.93. The molecule has 98 valence electrons. The zero-order valence-corrected chi connectivity index (χ0v) is 10.3. The van der Waals surface area contributed by atoms with Gasteiger partial charge in [-0.05, 0) is 25.0 Å². The molecule has 1 aliphatic rings. The summed E-state index contributed by atoms with van der Waals surface area (Å²) in [6.07, 6.45) is 3.96. The number of carboxylic acid groups (broad SMARTS) is 1. The van der Waals surface area contributed by atoms with Crippen LogP contribution in [-0.4, -0.2) is 46.8 Å². The van der Waals surface area contributed by atoms with Crippen LogP contribution in [0.3, 0.4) is 0 Å². The molecule has 2 rings (SSSR count). The molecule has 1 aromatic heterocycles. The maximum absolute atomic E-state index is 10.9. The molecule has 1 atom stereocenters. The zero-order valence-electron chi connectivity index (χ0n) is 10.3. The molecular formula is C13H18N2O3. The van der Waals surface area contributed by atoms with Gasteiger partial charge in [0, 0.05) is 25.9 Å². The van der Waals surface area contributed by atoms with E-state index in [4.69, 9.17) is 9.84 Å². The minimum absolute atomic E-state index is 0.0242. The molecule has 1 saturated heterocycles. The molecule has 18 heavy (non-hydrogen) atoms. The summed E-state index contributed by atoms with van der Waals surface area (Å²) < 4.78 is 5.55. The van der Waals surface area contributed by atoms with Gasteiger partial charge in [-0.15, -0.1) is 0 Å². The van der Waals surface area contributed by atoms with Crippen LogP contribution in [0.25, 0.3) is 0 Å². The molecule has 0 spiro atoms. The third kappa shape index (κ3) is 4.09. The van der Waals surface area contributed by atoms with Gasteiger partial charge < -0.3 is 9.84 Å². The van der Waals surface area contributed by atoms with Crippen molar-refractivity contribution in [3.8, 4) is 0 Å². The van der Waals surface area contributed by atoms with Crippen LogP contribution in [0.1, 0.15) is 18.5 Å². The number of rotatable bonds is 6. The topological polar surface area (TPSA) is 62.7 Å². The van der Waals surface area contributed by atoms with E-state index < -0.39 is 5.97 Å². The van der Waals surface area contributed by atoms with Gasteiger partial charge in [0.2, 0.25) is 0 Å². The number of aromatic nitrogens is 1. The van der Waals surface area contributed by atoms with Gasteiger partial charge in [-0.1, -0.05) is 6.07 Å². The van der Waals surface area contributed by atoms with Gasteiger partial charge in [0.25, 0.3) is 0 Å². The van der Waals surface area contributed by atoms with Crippen LogP contribution in [-0.2, 0) is 16.1 Å². The number of carbonyl (C=O) groups is 1. The van der Waals surface area contributed by atoms with Gasteiger partial charge in [0.1, 0.15) is 0 Å². The Morgan fingerprint density at radius 2 is 2.44 bits per heavy atom. The van der Waals surface area contributed by atoms with E-state index in [2.05, 4.69) is 4.98 Å². The van der Waals surface area contributed by atoms with Crippen LogP contribution in [0.5, 0.6) is 0 Å². The summed E-state index contributed by atoms with van der Waals surface area (Å²) in [5, 5.41) is 8.93. The summed E-state index contributed by atoms with van der Waals surface area (Å²) in [6.45, 7) is 2.02. The third-order valence-electron chi connectivity index (χ3n) is 2.96. The van der Waals surface area contributed by atoms with Crippen LogP contribution >= 0.6 is 0 Å². The predicted molar refractivity (Wildman–Crippen MR) is 66.1 cm³/mol. The van der Waals surface area contributed by atoms with Crippen LogP contribution < -0.4 is 0 Å². The predicted octanol–water partition coefficient (Wildman–Crippen LogP) is 1.15. The molecule has 1 unspecified atom stereocenters. The van der Waals surface area contributed by atoms with Crippen molar-refractivity contribution in [3.05, 3.63) is 30.1 Å². The Morgan fingerprint density at radius 3 is 3.06 bits per heavy atom. The molecule has 5 nitrogen and oxygen atoms in total. The molecule has 0 bridgehead atoms. The molecule has 0 saturated carbocycles. The number of nitrogens with zero attached hydrogens (tertiary/aromatic N) is 2. The summed E-state index contributed by atoms with van der Waals surface area (Å²) >= 11 is 0. The minimum Gasteiger partial charge on any atom is -0.480 e. The molecule has 5 heteroatoms. The maximum atomic E-state index is 10.9. The first-order valence-electron chi connectivity index (χ1n) is 6.19. The first kappa shape index (κ1) is 13.0. The molecule has 0 radical (unpaired) electrons. The summed E-state index contributed by atoms with van der Waals surface area (Å²) in [5.41, 5.74) is 0.886. The van der Waals surface area contributed by atoms with E-state index >= 15 is 0 Å². The van der Waals surface area contributed by atoms with E-state index in [1.165, 1.54) is 0 Å². The van der Waals surface area contributed by atoms with Gasteiger partial charge in [-0.2, -0.15) is 0 Å². The van der Waals surface area contributed by atoms with Crippen molar-refractivity contribution in [2.45, 2.75) is 25.5 Å². The van der Waals surface area contributed by atoms with Gasteiger partial charge in [-0.3, -0.25) is 14.7 Å². The fourth-order valence-corrected chi connectivity index (χ4v) is 2.17. The van der Waals surface area contributed by atoms with E-state index in [9.17, 15) is 4.79 Å². The summed E-state index contributed by atoms with van der Waals surface area (Å²) in [6, 6.07) is 5.67. The standard InChI is InChI=1S/C13H18N2O3/c16-13(17)10-15(9-12-5-3-7-18-12)8-11-4-1-2-6-14-11/h1-2,4,6,12H,3,5,7-10H2,(H,16,17). The molecule has 0 aliphatic carbocycles. The highest BCUT2D eigenvalue weighted by atomic mass is 16.5. The Bertz CT molecular complexity index is 377. The van der Waals surface area contributed by atoms with Crippen LogP contribution in [0.15, 0.2) is 24.4 Å². The van der Waals surface area contributed by atoms with Crippen LogP contribution in [0.2, 0.25) is 0 Å². The number of hydrogen-bond donors (Lipinski definition) is 1. The molecule has 0 aromatic carbocycles. The molecule has 1 N–H and O–H groups in total. The van der Waals surface area contributed by atoms with Crippen molar-refractivity contribution < 1.29 is 14.6 Å². The van der Waals surface area contributed by atoms with Crippen LogP contribution in [0.4, 0.5) is 0 Å². The molecule has 2 heterocycles. The second-order valence-electron chi connectivity index (χ2n) is 4.52. The second kappa shape index (κ2) is 6.47. The van der Waals surface area contributed by atoms with Crippen molar-refractivity contribution in [1.29, 1.82) is 0 Å². The lowest BCUT2D eigenvalue weighted by Gasteiger charge is -2.22. The Kier molecular flexibility index (Phi) is 4.66. The molecular weight excluding hydrogens is 232 g/mol.